The molecule has 0 aromatic heterocycles. The van der Waals surface area contributed by atoms with Gasteiger partial charge in [0.05, 0.1) is 11.4 Å². The van der Waals surface area contributed by atoms with Crippen LogP contribution in [0.2, 0.25) is 0 Å². The fourth-order valence-corrected chi connectivity index (χ4v) is 6.41. The Morgan fingerprint density at radius 2 is 1.67 bits per heavy atom. The second kappa shape index (κ2) is 8.96. The Kier molecular flexibility index (Phi) is 6.32. The van der Waals surface area contributed by atoms with Crippen LogP contribution in [-0.4, -0.2) is 56.6 Å². The van der Waals surface area contributed by atoms with Gasteiger partial charge in [0.25, 0.3) is 5.91 Å². The van der Waals surface area contributed by atoms with E-state index < -0.39 is 10.0 Å². The van der Waals surface area contributed by atoms with Crippen LogP contribution in [-0.2, 0) is 14.8 Å². The summed E-state index contributed by atoms with van der Waals surface area (Å²) in [7, 11) is -3.27. The van der Waals surface area contributed by atoms with Crippen LogP contribution < -0.4 is 9.62 Å². The fraction of sp³-hybridized carbons (Fsp3) is 0.636. The Morgan fingerprint density at radius 1 is 0.933 bits per heavy atom. The lowest BCUT2D eigenvalue weighted by atomic mass is 9.87. The molecule has 0 atom stereocenters. The molecule has 4 rings (SSSR count). The third-order valence-electron chi connectivity index (χ3n) is 6.59. The Labute approximate surface area is 178 Å². The van der Waals surface area contributed by atoms with Crippen molar-refractivity contribution < 1.29 is 18.0 Å². The monoisotopic (exact) mass is 433 g/mol. The van der Waals surface area contributed by atoms with Crippen molar-refractivity contribution in [2.24, 2.45) is 5.92 Å². The molecule has 2 heterocycles. The van der Waals surface area contributed by atoms with Crippen molar-refractivity contribution in [2.45, 2.75) is 57.4 Å². The molecule has 30 heavy (non-hydrogen) atoms. The van der Waals surface area contributed by atoms with Crippen LogP contribution in [0, 0.1) is 5.92 Å². The summed E-state index contributed by atoms with van der Waals surface area (Å²) in [5, 5.41) is 3.07. The summed E-state index contributed by atoms with van der Waals surface area (Å²) in [6.45, 7) is 1.83. The maximum Gasteiger partial charge on any atom is 0.251 e. The van der Waals surface area contributed by atoms with Gasteiger partial charge in [-0.05, 0) is 50.3 Å². The molecule has 2 saturated heterocycles. The molecule has 8 heteroatoms. The summed E-state index contributed by atoms with van der Waals surface area (Å²) in [6.07, 6.45) is 7.69. The van der Waals surface area contributed by atoms with E-state index in [2.05, 4.69) is 5.32 Å². The van der Waals surface area contributed by atoms with Crippen LogP contribution in [0.15, 0.2) is 24.3 Å². The molecule has 1 saturated carbocycles. The van der Waals surface area contributed by atoms with Gasteiger partial charge in [-0.3, -0.25) is 13.9 Å². The van der Waals surface area contributed by atoms with Crippen molar-refractivity contribution in [1.29, 1.82) is 0 Å². The highest BCUT2D eigenvalue weighted by Crippen LogP contribution is 2.27. The third kappa shape index (κ3) is 4.63. The lowest BCUT2D eigenvalue weighted by Crippen LogP contribution is -2.48. The second-order valence-corrected chi connectivity index (χ2v) is 10.7. The number of nitrogens with zero attached hydrogens (tertiary/aromatic N) is 2. The molecule has 164 valence electrons. The first-order valence-corrected chi connectivity index (χ1v) is 12.7. The molecule has 1 aromatic carbocycles. The number of anilines is 1. The highest BCUT2D eigenvalue weighted by atomic mass is 32.2. The molecule has 0 bridgehead atoms. The van der Waals surface area contributed by atoms with Crippen LogP contribution in [0.3, 0.4) is 0 Å². The third-order valence-corrected chi connectivity index (χ3v) is 8.46. The minimum absolute atomic E-state index is 0.0343. The minimum atomic E-state index is -3.27. The Bertz CT molecular complexity index is 887. The SMILES string of the molecule is O=C(NC1CCN(C(=O)C2CCCCC2)CC1)c1cccc(N2CCCS2(=O)=O)c1. The van der Waals surface area contributed by atoms with Gasteiger partial charge < -0.3 is 10.2 Å². The van der Waals surface area contributed by atoms with E-state index in [0.29, 0.717) is 43.2 Å². The summed E-state index contributed by atoms with van der Waals surface area (Å²) in [4.78, 5) is 27.4. The molecule has 2 aliphatic heterocycles. The van der Waals surface area contributed by atoms with E-state index in [1.165, 1.54) is 10.7 Å². The van der Waals surface area contributed by atoms with Crippen molar-refractivity contribution in [2.75, 3.05) is 29.7 Å². The zero-order chi connectivity index (χ0) is 21.1. The number of hydrogen-bond donors (Lipinski definition) is 1. The van der Waals surface area contributed by atoms with E-state index in [9.17, 15) is 18.0 Å². The van der Waals surface area contributed by atoms with Gasteiger partial charge in [0, 0.05) is 37.2 Å². The van der Waals surface area contributed by atoms with Gasteiger partial charge in [-0.1, -0.05) is 25.3 Å². The Hall–Kier alpha value is -2.09. The lowest BCUT2D eigenvalue weighted by molar-refractivity contribution is -0.137. The van der Waals surface area contributed by atoms with Crippen molar-refractivity contribution >= 4 is 27.5 Å². The van der Waals surface area contributed by atoms with Crippen LogP contribution in [0.1, 0.15) is 61.7 Å². The van der Waals surface area contributed by atoms with Crippen molar-refractivity contribution in [3.8, 4) is 0 Å². The number of benzene rings is 1. The van der Waals surface area contributed by atoms with Crippen LogP contribution in [0.25, 0.3) is 0 Å². The number of likely N-dealkylation sites (tertiary alicyclic amines) is 1. The number of hydrogen-bond acceptors (Lipinski definition) is 4. The molecule has 1 aliphatic carbocycles. The number of piperidine rings is 1. The van der Waals surface area contributed by atoms with Crippen molar-refractivity contribution in [3.05, 3.63) is 29.8 Å². The van der Waals surface area contributed by atoms with E-state index >= 15 is 0 Å². The average Bonchev–Trinajstić information content (AvgIpc) is 3.13. The van der Waals surface area contributed by atoms with Gasteiger partial charge in [-0.25, -0.2) is 8.42 Å². The summed E-state index contributed by atoms with van der Waals surface area (Å²) in [5.41, 5.74) is 1.02. The molecule has 1 aromatic rings. The van der Waals surface area contributed by atoms with Gasteiger partial charge in [0.1, 0.15) is 0 Å². The topological polar surface area (TPSA) is 86.8 Å². The molecule has 0 unspecified atom stereocenters. The standard InChI is InChI=1S/C22H31N3O4S/c26-21(18-8-4-9-20(16-18)25-12-5-15-30(25,28)29)23-19-10-13-24(14-11-19)22(27)17-6-2-1-3-7-17/h4,8-9,16-17,19H,1-3,5-7,10-15H2,(H,23,26). The smallest absolute Gasteiger partial charge is 0.251 e. The number of nitrogens with one attached hydrogen (secondary N) is 1. The molecule has 0 radical (unpaired) electrons. The van der Waals surface area contributed by atoms with E-state index in [1.54, 1.807) is 24.3 Å². The van der Waals surface area contributed by atoms with E-state index in [1.807, 2.05) is 4.90 Å². The van der Waals surface area contributed by atoms with Gasteiger partial charge in [-0.2, -0.15) is 0 Å². The van der Waals surface area contributed by atoms with Crippen LogP contribution >= 0.6 is 0 Å². The van der Waals surface area contributed by atoms with E-state index in [-0.39, 0.29) is 23.6 Å². The van der Waals surface area contributed by atoms with Gasteiger partial charge in [0.15, 0.2) is 0 Å². The molecular weight excluding hydrogens is 402 g/mol. The lowest BCUT2D eigenvalue weighted by Gasteiger charge is -2.35. The molecule has 0 spiro atoms. The van der Waals surface area contributed by atoms with Gasteiger partial charge in [-0.15, -0.1) is 0 Å². The molecule has 7 nitrogen and oxygen atoms in total. The second-order valence-electron chi connectivity index (χ2n) is 8.70. The highest BCUT2D eigenvalue weighted by molar-refractivity contribution is 7.93. The Balaban J connectivity index is 1.32. The molecule has 3 fully saturated rings. The van der Waals surface area contributed by atoms with Crippen molar-refractivity contribution in [3.63, 3.8) is 0 Å². The first-order valence-electron chi connectivity index (χ1n) is 11.1. The number of carbonyl (C=O) groups is 2. The average molecular weight is 434 g/mol. The van der Waals surface area contributed by atoms with Gasteiger partial charge >= 0.3 is 0 Å². The number of sulfonamides is 1. The van der Waals surface area contributed by atoms with Gasteiger partial charge in [0.2, 0.25) is 15.9 Å². The Morgan fingerprint density at radius 3 is 2.33 bits per heavy atom. The highest BCUT2D eigenvalue weighted by Gasteiger charge is 2.31. The predicted octanol–water partition coefficient (Wildman–Crippen LogP) is 2.53. The maximum atomic E-state index is 12.7. The predicted molar refractivity (Wildman–Crippen MR) is 116 cm³/mol. The number of amides is 2. The minimum Gasteiger partial charge on any atom is -0.349 e. The van der Waals surface area contributed by atoms with Crippen molar-refractivity contribution in [1.82, 2.24) is 10.2 Å². The zero-order valence-corrected chi connectivity index (χ0v) is 18.2. The van der Waals surface area contributed by atoms with E-state index in [0.717, 1.165) is 38.5 Å². The summed E-state index contributed by atoms with van der Waals surface area (Å²) < 4.78 is 25.7. The van der Waals surface area contributed by atoms with Crippen LogP contribution in [0.4, 0.5) is 5.69 Å². The maximum absolute atomic E-state index is 12.7. The quantitative estimate of drug-likeness (QED) is 0.791. The fourth-order valence-electron chi connectivity index (χ4n) is 4.85. The van der Waals surface area contributed by atoms with Crippen LogP contribution in [0.5, 0.6) is 0 Å². The molecule has 1 N–H and O–H groups in total. The zero-order valence-electron chi connectivity index (χ0n) is 17.4. The summed E-state index contributed by atoms with van der Waals surface area (Å²) in [6, 6.07) is 6.86. The molecule has 3 aliphatic rings. The normalized spacial score (nSPS) is 22.8. The first-order chi connectivity index (χ1) is 14.4. The summed E-state index contributed by atoms with van der Waals surface area (Å²) >= 11 is 0. The first kappa shape index (κ1) is 21.2. The molecule has 2 amide bonds. The number of carbonyl (C=O) groups excluding carboxylic acids is 2. The van der Waals surface area contributed by atoms with E-state index in [4.69, 9.17) is 0 Å². The number of rotatable bonds is 4. The summed E-state index contributed by atoms with van der Waals surface area (Å²) in [5.74, 6) is 0.445. The largest absolute Gasteiger partial charge is 0.349 e. The molecular formula is C22H31N3O4S.